The molecule has 1 spiro atoms. The van der Waals surface area contributed by atoms with Crippen LogP contribution in [0.5, 0.6) is 0 Å². The van der Waals surface area contributed by atoms with Gasteiger partial charge in [-0.25, -0.2) is 0 Å². The first-order valence-electron chi connectivity index (χ1n) is 13.2. The smallest absolute Gasteiger partial charge is 0.294 e. The van der Waals surface area contributed by atoms with Gasteiger partial charge >= 0.3 is 0 Å². The average molecular weight is 549 g/mol. The number of halogens is 1. The molecule has 5 nitrogen and oxygen atoms in total. The lowest BCUT2D eigenvalue weighted by atomic mass is 9.74. The minimum absolute atomic E-state index is 0.0258. The second-order valence-corrected chi connectivity index (χ2v) is 12.4. The van der Waals surface area contributed by atoms with Crippen molar-refractivity contribution in [2.24, 2.45) is 0 Å². The number of rotatable bonds is 8. The topological polar surface area (TPSA) is 63.7 Å². The van der Waals surface area contributed by atoms with E-state index in [9.17, 15) is 14.1 Å². The normalized spacial score (nSPS) is 19.2. The highest BCUT2D eigenvalue weighted by atomic mass is 35.5. The molecule has 198 valence electrons. The maximum absolute atomic E-state index is 13.0. The van der Waals surface area contributed by atoms with Crippen LogP contribution in [-0.2, 0) is 21.4 Å². The molecule has 3 aromatic carbocycles. The molecule has 5 rings (SSSR count). The summed E-state index contributed by atoms with van der Waals surface area (Å²) < 4.78 is 12.7. The number of piperidine rings is 1. The molecule has 2 aliphatic rings. The molecule has 1 fully saturated rings. The van der Waals surface area contributed by atoms with E-state index in [4.69, 9.17) is 11.6 Å². The summed E-state index contributed by atoms with van der Waals surface area (Å²) in [5.74, 6) is -0.183. The Bertz CT molecular complexity index is 1280. The van der Waals surface area contributed by atoms with Gasteiger partial charge in [-0.15, -0.1) is 0 Å². The Morgan fingerprint density at radius 2 is 1.66 bits per heavy atom. The van der Waals surface area contributed by atoms with E-state index in [1.54, 1.807) is 36.2 Å². The Balaban J connectivity index is 1.23. The number of Topliss-reactive ketones (excluding diaryl/α,β-unsaturated/α-hetero) is 1. The summed E-state index contributed by atoms with van der Waals surface area (Å²) in [5.41, 5.74) is 2.82. The molecule has 1 amide bonds. The number of likely N-dealkylation sites (tertiary alicyclic amines) is 1. The predicted molar refractivity (Wildman–Crippen MR) is 152 cm³/mol. The second-order valence-electron chi connectivity index (χ2n) is 10.5. The van der Waals surface area contributed by atoms with Crippen molar-refractivity contribution in [2.45, 2.75) is 35.5 Å². The predicted octanol–water partition coefficient (Wildman–Crippen LogP) is 5.31. The van der Waals surface area contributed by atoms with E-state index in [0.29, 0.717) is 17.1 Å². The third-order valence-electron chi connectivity index (χ3n) is 8.13. The molecule has 0 radical (unpaired) electrons. The molecule has 0 bridgehead atoms. The van der Waals surface area contributed by atoms with Crippen molar-refractivity contribution in [1.29, 1.82) is 0 Å². The molecule has 0 aliphatic carbocycles. The lowest BCUT2D eigenvalue weighted by Gasteiger charge is -2.38. The Labute approximate surface area is 233 Å². The number of carbonyl (C=O) groups is 2. The van der Waals surface area contributed by atoms with Gasteiger partial charge < -0.3 is 14.4 Å². The average Bonchev–Trinajstić information content (AvgIpc) is 3.23. The van der Waals surface area contributed by atoms with Crippen molar-refractivity contribution < 1.29 is 14.1 Å². The number of amides is 1. The molecule has 3 aromatic rings. The number of likely N-dealkylation sites (N-methyl/N-ethyl adjacent to an activating group) is 1. The summed E-state index contributed by atoms with van der Waals surface area (Å²) in [6, 6.07) is 24.7. The fourth-order valence-electron chi connectivity index (χ4n) is 5.86. The quantitative estimate of drug-likeness (QED) is 0.217. The van der Waals surface area contributed by atoms with E-state index in [-0.39, 0.29) is 11.3 Å². The van der Waals surface area contributed by atoms with Crippen molar-refractivity contribution in [2.75, 3.05) is 39.0 Å². The van der Waals surface area contributed by atoms with Crippen LogP contribution in [0, 0.1) is 0 Å². The maximum Gasteiger partial charge on any atom is 0.294 e. The number of nitrogens with zero attached hydrogens (tertiary/aromatic N) is 2. The lowest BCUT2D eigenvalue weighted by Crippen LogP contribution is -2.44. The summed E-state index contributed by atoms with van der Waals surface area (Å²) in [6.45, 7) is 3.26. The zero-order valence-corrected chi connectivity index (χ0v) is 23.2. The van der Waals surface area contributed by atoms with E-state index in [0.717, 1.165) is 55.1 Å². The van der Waals surface area contributed by atoms with Crippen LogP contribution in [0.1, 0.15) is 46.7 Å². The van der Waals surface area contributed by atoms with Crippen molar-refractivity contribution in [1.82, 2.24) is 9.80 Å². The van der Waals surface area contributed by atoms with Gasteiger partial charge in [0.1, 0.15) is 5.75 Å². The van der Waals surface area contributed by atoms with Crippen LogP contribution in [0.4, 0.5) is 0 Å². The molecule has 0 N–H and O–H groups in total. The van der Waals surface area contributed by atoms with Gasteiger partial charge in [-0.05, 0) is 73.8 Å². The number of hydrogen-bond acceptors (Lipinski definition) is 4. The summed E-state index contributed by atoms with van der Waals surface area (Å²) in [7, 11) is 1.70. The first-order valence-corrected chi connectivity index (χ1v) is 14.9. The molecular weight excluding hydrogens is 516 g/mol. The number of benzene rings is 3. The van der Waals surface area contributed by atoms with Crippen LogP contribution in [0.25, 0.3) is 0 Å². The van der Waals surface area contributed by atoms with Gasteiger partial charge in [0.2, 0.25) is 5.78 Å². The maximum atomic E-state index is 13.0. The highest BCUT2D eigenvalue weighted by Gasteiger charge is 2.48. The molecular formula is C31H33ClN2O3S. The number of fused-ring (bicyclic) bond motifs is 2. The Kier molecular flexibility index (Phi) is 8.24. The zero-order valence-electron chi connectivity index (χ0n) is 21.6. The molecule has 2 aliphatic heterocycles. The SMILES string of the molecule is CN(C[C@@H](CCN1CCC2(CC1)C[S+]([O-])c1ccccc12)c1ccc(Cl)cc1)C(=O)C(=O)c1ccccc1. The van der Waals surface area contributed by atoms with Crippen LogP contribution in [-0.4, -0.2) is 65.0 Å². The van der Waals surface area contributed by atoms with E-state index >= 15 is 0 Å². The van der Waals surface area contributed by atoms with Gasteiger partial charge in [0.15, 0.2) is 4.90 Å². The third kappa shape index (κ3) is 5.69. The van der Waals surface area contributed by atoms with Crippen LogP contribution in [0.15, 0.2) is 83.8 Å². The summed E-state index contributed by atoms with van der Waals surface area (Å²) in [4.78, 5) is 30.8. The molecule has 1 saturated heterocycles. The monoisotopic (exact) mass is 548 g/mol. The summed E-state index contributed by atoms with van der Waals surface area (Å²) in [5, 5.41) is 0.673. The van der Waals surface area contributed by atoms with E-state index in [1.807, 2.05) is 42.5 Å². The Morgan fingerprint density at radius 3 is 2.37 bits per heavy atom. The lowest BCUT2D eigenvalue weighted by molar-refractivity contribution is -0.125. The van der Waals surface area contributed by atoms with Gasteiger partial charge in [0.05, 0.1) is 0 Å². The molecule has 1 unspecified atom stereocenters. The highest BCUT2D eigenvalue weighted by molar-refractivity contribution is 7.91. The van der Waals surface area contributed by atoms with Crippen molar-refractivity contribution in [3.8, 4) is 0 Å². The fourth-order valence-corrected chi connectivity index (χ4v) is 7.85. The minimum Gasteiger partial charge on any atom is -0.611 e. The van der Waals surface area contributed by atoms with E-state index in [1.165, 1.54) is 5.56 Å². The van der Waals surface area contributed by atoms with Crippen LogP contribution >= 0.6 is 11.6 Å². The Hall–Kier alpha value is -2.64. The summed E-state index contributed by atoms with van der Waals surface area (Å²) >= 11 is 5.24. The molecule has 38 heavy (non-hydrogen) atoms. The second kappa shape index (κ2) is 11.6. The number of hydrogen-bond donors (Lipinski definition) is 0. The first kappa shape index (κ1) is 26.9. The highest BCUT2D eigenvalue weighted by Crippen LogP contribution is 2.46. The van der Waals surface area contributed by atoms with Gasteiger partial charge in [-0.1, -0.05) is 72.3 Å². The Morgan fingerprint density at radius 1 is 1.00 bits per heavy atom. The van der Waals surface area contributed by atoms with Gasteiger partial charge in [0, 0.05) is 41.1 Å². The van der Waals surface area contributed by atoms with Crippen LogP contribution in [0.2, 0.25) is 5.02 Å². The zero-order chi connectivity index (χ0) is 26.7. The number of carbonyl (C=O) groups excluding carboxylic acids is 2. The largest absolute Gasteiger partial charge is 0.611 e. The number of ketones is 1. The molecule has 2 heterocycles. The van der Waals surface area contributed by atoms with E-state index in [2.05, 4.69) is 17.0 Å². The third-order valence-corrected chi connectivity index (χ3v) is 10.0. The van der Waals surface area contributed by atoms with Crippen LogP contribution < -0.4 is 0 Å². The van der Waals surface area contributed by atoms with Crippen molar-refractivity contribution in [3.05, 3.63) is 101 Å². The molecule has 2 atom stereocenters. The standard InChI is InChI=1S/C31H33ClN2O3S/c1-33(30(36)29(35)24-7-3-2-4-8-24)21-25(23-11-13-26(32)14-12-23)15-18-34-19-16-31(17-20-34)22-38(37)28-10-6-5-9-27(28)31/h2-14,25H,15-22H2,1H3/t25-,38?/m1/s1. The minimum atomic E-state index is -0.907. The van der Waals surface area contributed by atoms with Crippen molar-refractivity contribution in [3.63, 3.8) is 0 Å². The van der Waals surface area contributed by atoms with Gasteiger partial charge in [-0.2, -0.15) is 0 Å². The molecule has 0 saturated carbocycles. The van der Waals surface area contributed by atoms with Gasteiger partial charge in [-0.3, -0.25) is 9.59 Å². The van der Waals surface area contributed by atoms with Crippen molar-refractivity contribution >= 4 is 34.5 Å². The molecule has 7 heteroatoms. The summed E-state index contributed by atoms with van der Waals surface area (Å²) in [6.07, 6.45) is 2.87. The van der Waals surface area contributed by atoms with Crippen LogP contribution in [0.3, 0.4) is 0 Å². The fraction of sp³-hybridized carbons (Fsp3) is 0.355. The molecule has 0 aromatic heterocycles. The first-order chi connectivity index (χ1) is 18.4. The van der Waals surface area contributed by atoms with E-state index < -0.39 is 22.9 Å². The van der Waals surface area contributed by atoms with Gasteiger partial charge in [0.25, 0.3) is 5.91 Å².